The Bertz CT molecular complexity index is 526. The molecule has 2 fully saturated rings. The highest BCUT2D eigenvalue weighted by molar-refractivity contribution is 7.15. The van der Waals surface area contributed by atoms with Crippen molar-refractivity contribution in [2.45, 2.75) is 64.8 Å². The molecule has 0 spiro atoms. The van der Waals surface area contributed by atoms with Gasteiger partial charge < -0.3 is 5.32 Å². The fraction of sp³-hybridized carbons (Fsp3) is 0.812. The van der Waals surface area contributed by atoms with Crippen LogP contribution in [0, 0.1) is 17.8 Å². The number of nitrogens with zero attached hydrogens (tertiary/aromatic N) is 2. The van der Waals surface area contributed by atoms with Crippen LogP contribution in [0.4, 0.5) is 9.93 Å². The van der Waals surface area contributed by atoms with Crippen LogP contribution >= 0.6 is 11.3 Å². The normalized spacial score (nSPS) is 28.6. The Morgan fingerprint density at radius 2 is 2.00 bits per heavy atom. The number of rotatable bonds is 4. The van der Waals surface area contributed by atoms with E-state index >= 15 is 0 Å². The van der Waals surface area contributed by atoms with Gasteiger partial charge in [-0.1, -0.05) is 38.5 Å². The van der Waals surface area contributed by atoms with Crippen LogP contribution < -0.4 is 10.6 Å². The Morgan fingerprint density at radius 1 is 1.23 bits per heavy atom. The Kier molecular flexibility index (Phi) is 4.66. The van der Waals surface area contributed by atoms with Gasteiger partial charge in [-0.2, -0.15) is 0 Å². The van der Waals surface area contributed by atoms with Gasteiger partial charge >= 0.3 is 6.03 Å². The predicted octanol–water partition coefficient (Wildman–Crippen LogP) is 4.00. The summed E-state index contributed by atoms with van der Waals surface area (Å²) < 4.78 is 0. The smallest absolute Gasteiger partial charge is 0.321 e. The minimum absolute atomic E-state index is 0.136. The Morgan fingerprint density at radius 3 is 2.68 bits per heavy atom. The minimum Gasteiger partial charge on any atom is -0.335 e. The highest BCUT2D eigenvalue weighted by Crippen LogP contribution is 2.42. The van der Waals surface area contributed by atoms with E-state index in [-0.39, 0.29) is 12.1 Å². The molecule has 0 bridgehead atoms. The van der Waals surface area contributed by atoms with E-state index in [0.717, 1.165) is 11.4 Å². The van der Waals surface area contributed by atoms with Gasteiger partial charge in [0.25, 0.3) is 0 Å². The second kappa shape index (κ2) is 6.52. The van der Waals surface area contributed by atoms with Crippen molar-refractivity contribution in [3.8, 4) is 0 Å². The van der Waals surface area contributed by atoms with Crippen molar-refractivity contribution in [3.63, 3.8) is 0 Å². The zero-order valence-corrected chi connectivity index (χ0v) is 14.4. The molecule has 0 aliphatic heterocycles. The van der Waals surface area contributed by atoms with Crippen LogP contribution in [0.3, 0.4) is 0 Å². The molecule has 122 valence electrons. The van der Waals surface area contributed by atoms with Crippen LogP contribution in [0.2, 0.25) is 0 Å². The lowest BCUT2D eigenvalue weighted by Crippen LogP contribution is -2.47. The molecular formula is C16H26N4OS. The number of urea groups is 1. The van der Waals surface area contributed by atoms with Crippen molar-refractivity contribution in [2.75, 3.05) is 5.32 Å². The summed E-state index contributed by atoms with van der Waals surface area (Å²) >= 11 is 1.51. The molecule has 1 aromatic rings. The van der Waals surface area contributed by atoms with Gasteiger partial charge in [-0.25, -0.2) is 4.79 Å². The maximum absolute atomic E-state index is 12.3. The number of aromatic nitrogens is 2. The van der Waals surface area contributed by atoms with E-state index in [2.05, 4.69) is 41.6 Å². The van der Waals surface area contributed by atoms with Crippen molar-refractivity contribution in [1.29, 1.82) is 0 Å². The first kappa shape index (κ1) is 15.7. The number of amides is 2. The van der Waals surface area contributed by atoms with Crippen molar-refractivity contribution < 1.29 is 4.79 Å². The third-order valence-corrected chi connectivity index (χ3v) is 5.93. The maximum atomic E-state index is 12.3. The highest BCUT2D eigenvalue weighted by Gasteiger charge is 2.32. The zero-order chi connectivity index (χ0) is 15.7. The van der Waals surface area contributed by atoms with Gasteiger partial charge in [0, 0.05) is 12.0 Å². The molecule has 0 radical (unpaired) electrons. The number of carbonyl (C=O) groups excluding carboxylic acids is 1. The maximum Gasteiger partial charge on any atom is 0.321 e. The Balaban J connectivity index is 1.56. The lowest BCUT2D eigenvalue weighted by Gasteiger charge is -2.37. The Labute approximate surface area is 136 Å². The summed E-state index contributed by atoms with van der Waals surface area (Å²) in [6, 6.07) is 0.128. The number of nitrogens with one attached hydrogen (secondary N) is 2. The molecular weight excluding hydrogens is 296 g/mol. The molecule has 1 heterocycles. The molecule has 0 aromatic carbocycles. The topological polar surface area (TPSA) is 66.9 Å². The van der Waals surface area contributed by atoms with Crippen LogP contribution in [-0.2, 0) is 0 Å². The number of hydrogen-bond acceptors (Lipinski definition) is 4. The first-order chi connectivity index (χ1) is 10.5. The molecule has 2 N–H and O–H groups in total. The van der Waals surface area contributed by atoms with Gasteiger partial charge in [-0.15, -0.1) is 10.2 Å². The van der Waals surface area contributed by atoms with Crippen LogP contribution in [-0.4, -0.2) is 22.3 Å². The van der Waals surface area contributed by atoms with E-state index in [1.54, 1.807) is 0 Å². The summed E-state index contributed by atoms with van der Waals surface area (Å²) in [6.45, 7) is 6.77. The monoisotopic (exact) mass is 322 g/mol. The molecule has 3 atom stereocenters. The van der Waals surface area contributed by atoms with Gasteiger partial charge in [0.15, 0.2) is 0 Å². The standard InChI is InChI=1S/C16H26N4OS/c1-9(2)12-7-4-10(3)8-13(12)17-15(21)18-16-20-19-14(22-16)11-5-6-11/h9-13H,4-8H2,1-3H3,(H2,17,18,20,21). The summed E-state index contributed by atoms with van der Waals surface area (Å²) in [6.07, 6.45) is 5.95. The molecule has 2 aliphatic carbocycles. The predicted molar refractivity (Wildman–Crippen MR) is 89.2 cm³/mol. The largest absolute Gasteiger partial charge is 0.335 e. The fourth-order valence-electron chi connectivity index (χ4n) is 3.45. The van der Waals surface area contributed by atoms with Gasteiger partial charge in [-0.05, 0) is 43.4 Å². The summed E-state index contributed by atoms with van der Waals surface area (Å²) in [7, 11) is 0. The summed E-state index contributed by atoms with van der Waals surface area (Å²) in [4.78, 5) is 12.3. The lowest BCUT2D eigenvalue weighted by molar-refractivity contribution is 0.172. The van der Waals surface area contributed by atoms with Crippen LogP contribution in [0.15, 0.2) is 0 Å². The number of anilines is 1. The molecule has 6 heteroatoms. The number of carbonyl (C=O) groups is 1. The van der Waals surface area contributed by atoms with E-state index in [1.807, 2.05) is 0 Å². The molecule has 3 rings (SSSR count). The fourth-order valence-corrected chi connectivity index (χ4v) is 4.36. The van der Waals surface area contributed by atoms with Gasteiger partial charge in [0.2, 0.25) is 5.13 Å². The van der Waals surface area contributed by atoms with Crippen LogP contribution in [0.1, 0.15) is 63.8 Å². The molecule has 2 aliphatic rings. The van der Waals surface area contributed by atoms with E-state index in [1.165, 1.54) is 37.0 Å². The van der Waals surface area contributed by atoms with Crippen LogP contribution in [0.25, 0.3) is 0 Å². The summed E-state index contributed by atoms with van der Waals surface area (Å²) in [5.41, 5.74) is 0. The third kappa shape index (κ3) is 3.77. The van der Waals surface area contributed by atoms with Gasteiger partial charge in [0.05, 0.1) is 0 Å². The van der Waals surface area contributed by atoms with Gasteiger partial charge in [-0.3, -0.25) is 5.32 Å². The molecule has 22 heavy (non-hydrogen) atoms. The molecule has 2 amide bonds. The van der Waals surface area contributed by atoms with E-state index in [9.17, 15) is 4.79 Å². The van der Waals surface area contributed by atoms with Crippen molar-refractivity contribution in [3.05, 3.63) is 5.01 Å². The molecule has 1 aromatic heterocycles. The van der Waals surface area contributed by atoms with E-state index in [4.69, 9.17) is 0 Å². The summed E-state index contributed by atoms with van der Waals surface area (Å²) in [5, 5.41) is 15.9. The van der Waals surface area contributed by atoms with Gasteiger partial charge in [0.1, 0.15) is 5.01 Å². The molecule has 5 nitrogen and oxygen atoms in total. The second-order valence-corrected chi connectivity index (χ2v) is 8.26. The molecule has 0 saturated heterocycles. The minimum atomic E-state index is -0.136. The second-order valence-electron chi connectivity index (χ2n) is 7.25. The average molecular weight is 322 g/mol. The quantitative estimate of drug-likeness (QED) is 0.880. The SMILES string of the molecule is CC1CCC(C(C)C)C(NC(=O)Nc2nnc(C3CC3)s2)C1. The van der Waals surface area contributed by atoms with E-state index in [0.29, 0.717) is 28.8 Å². The molecule has 3 unspecified atom stereocenters. The first-order valence-electron chi connectivity index (χ1n) is 8.44. The first-order valence-corrected chi connectivity index (χ1v) is 9.25. The van der Waals surface area contributed by atoms with E-state index < -0.39 is 0 Å². The van der Waals surface area contributed by atoms with Crippen LogP contribution in [0.5, 0.6) is 0 Å². The Hall–Kier alpha value is -1.17. The van der Waals surface area contributed by atoms with Crippen molar-refractivity contribution >= 4 is 22.5 Å². The van der Waals surface area contributed by atoms with Crippen molar-refractivity contribution in [1.82, 2.24) is 15.5 Å². The lowest BCUT2D eigenvalue weighted by atomic mass is 9.74. The van der Waals surface area contributed by atoms with Crippen molar-refractivity contribution in [2.24, 2.45) is 17.8 Å². The highest BCUT2D eigenvalue weighted by atomic mass is 32.1. The zero-order valence-electron chi connectivity index (χ0n) is 13.6. The summed E-state index contributed by atoms with van der Waals surface area (Å²) in [5.74, 6) is 2.43. The number of hydrogen-bond donors (Lipinski definition) is 2. The third-order valence-electron chi connectivity index (χ3n) is 4.93. The molecule has 2 saturated carbocycles. The average Bonchev–Trinajstić information content (AvgIpc) is 3.19.